The Hall–Kier alpha value is -1.75. The third-order valence-electron chi connectivity index (χ3n) is 1.95. The summed E-state index contributed by atoms with van der Waals surface area (Å²) in [7, 11) is 0. The molecule has 5 nitrogen and oxygen atoms in total. The lowest BCUT2D eigenvalue weighted by Gasteiger charge is -2.03. The normalized spacial score (nSPS) is 10.5. The lowest BCUT2D eigenvalue weighted by molar-refractivity contribution is -0.113. The molecule has 2 aromatic rings. The number of imidazole rings is 1. The van der Waals surface area contributed by atoms with E-state index < -0.39 is 0 Å². The van der Waals surface area contributed by atoms with Gasteiger partial charge in [-0.25, -0.2) is 4.79 Å². The van der Waals surface area contributed by atoms with Crippen molar-refractivity contribution in [3.05, 3.63) is 28.7 Å². The molecule has 0 aliphatic heterocycles. The first-order chi connectivity index (χ1) is 7.20. The first-order valence-corrected chi connectivity index (χ1v) is 4.81. The summed E-state index contributed by atoms with van der Waals surface area (Å²) in [5, 5.41) is 2.59. The Bertz CT molecular complexity index is 558. The SMILES string of the molecule is O=C(CCl)Nc1cccc2[nH]c(=O)[nH]c12. The van der Waals surface area contributed by atoms with E-state index in [0.29, 0.717) is 16.7 Å². The van der Waals surface area contributed by atoms with Gasteiger partial charge in [-0.15, -0.1) is 11.6 Å². The Morgan fingerprint density at radius 3 is 2.93 bits per heavy atom. The zero-order valence-electron chi connectivity index (χ0n) is 7.63. The van der Waals surface area contributed by atoms with Gasteiger partial charge in [0.1, 0.15) is 5.88 Å². The Morgan fingerprint density at radius 2 is 2.20 bits per heavy atom. The topological polar surface area (TPSA) is 77.8 Å². The van der Waals surface area contributed by atoms with Crippen LogP contribution in [0.2, 0.25) is 0 Å². The standard InChI is InChI=1S/C9H8ClN3O2/c10-4-7(14)11-5-2-1-3-6-8(5)13-9(15)12-6/h1-3H,4H2,(H,11,14)(H2,12,13,15). The fourth-order valence-corrected chi connectivity index (χ4v) is 1.41. The Kier molecular flexibility index (Phi) is 2.47. The molecule has 1 amide bonds. The molecule has 0 unspecified atom stereocenters. The molecular weight excluding hydrogens is 218 g/mol. The summed E-state index contributed by atoms with van der Waals surface area (Å²) in [5.41, 5.74) is 1.45. The van der Waals surface area contributed by atoms with Crippen LogP contribution >= 0.6 is 11.6 Å². The highest BCUT2D eigenvalue weighted by Gasteiger charge is 2.06. The molecular formula is C9H8ClN3O2. The molecule has 3 N–H and O–H groups in total. The van der Waals surface area contributed by atoms with Crippen LogP contribution < -0.4 is 11.0 Å². The van der Waals surface area contributed by atoms with E-state index in [1.807, 2.05) is 0 Å². The van der Waals surface area contributed by atoms with E-state index in [-0.39, 0.29) is 17.5 Å². The van der Waals surface area contributed by atoms with Gasteiger partial charge in [0.25, 0.3) is 0 Å². The number of fused-ring (bicyclic) bond motifs is 1. The van der Waals surface area contributed by atoms with Crippen LogP contribution in [0.15, 0.2) is 23.0 Å². The van der Waals surface area contributed by atoms with Gasteiger partial charge in [0.15, 0.2) is 0 Å². The minimum absolute atomic E-state index is 0.120. The molecule has 1 aromatic heterocycles. The maximum atomic E-state index is 11.1. The predicted octanol–water partition coefficient (Wildman–Crippen LogP) is 1.03. The zero-order chi connectivity index (χ0) is 10.8. The van der Waals surface area contributed by atoms with Crippen molar-refractivity contribution in [2.75, 3.05) is 11.2 Å². The Morgan fingerprint density at radius 1 is 1.40 bits per heavy atom. The molecule has 15 heavy (non-hydrogen) atoms. The molecule has 0 aliphatic rings. The van der Waals surface area contributed by atoms with E-state index in [4.69, 9.17) is 11.6 Å². The molecule has 1 aromatic carbocycles. The van der Waals surface area contributed by atoms with E-state index >= 15 is 0 Å². The molecule has 0 radical (unpaired) electrons. The molecule has 0 spiro atoms. The number of carbonyl (C=O) groups is 1. The summed E-state index contributed by atoms with van der Waals surface area (Å²) in [6.07, 6.45) is 0. The number of hydrogen-bond acceptors (Lipinski definition) is 2. The number of para-hydroxylation sites is 1. The van der Waals surface area contributed by atoms with Gasteiger partial charge < -0.3 is 15.3 Å². The highest BCUT2D eigenvalue weighted by molar-refractivity contribution is 6.29. The van der Waals surface area contributed by atoms with Crippen molar-refractivity contribution < 1.29 is 4.79 Å². The molecule has 1 heterocycles. The summed E-state index contributed by atoms with van der Waals surface area (Å²) in [6.45, 7) is 0. The van der Waals surface area contributed by atoms with Gasteiger partial charge in [-0.2, -0.15) is 0 Å². The molecule has 0 atom stereocenters. The summed E-state index contributed by atoms with van der Waals surface area (Å²) >= 11 is 5.37. The van der Waals surface area contributed by atoms with Crippen LogP contribution in [0, 0.1) is 0 Å². The molecule has 0 saturated heterocycles. The highest BCUT2D eigenvalue weighted by atomic mass is 35.5. The molecule has 0 fully saturated rings. The lowest BCUT2D eigenvalue weighted by Crippen LogP contribution is -2.12. The van der Waals surface area contributed by atoms with Gasteiger partial charge in [-0.05, 0) is 12.1 Å². The average Bonchev–Trinajstić information content (AvgIpc) is 2.59. The van der Waals surface area contributed by atoms with Crippen molar-refractivity contribution in [2.24, 2.45) is 0 Å². The number of aromatic nitrogens is 2. The number of rotatable bonds is 2. The second-order valence-electron chi connectivity index (χ2n) is 2.99. The number of amides is 1. The zero-order valence-corrected chi connectivity index (χ0v) is 8.39. The van der Waals surface area contributed by atoms with Gasteiger partial charge in [0.2, 0.25) is 5.91 Å². The predicted molar refractivity (Wildman–Crippen MR) is 58.3 cm³/mol. The summed E-state index contributed by atoms with van der Waals surface area (Å²) in [6, 6.07) is 5.16. The third kappa shape index (κ3) is 1.87. The number of alkyl halides is 1. The van der Waals surface area contributed by atoms with Crippen molar-refractivity contribution >= 4 is 34.2 Å². The first-order valence-electron chi connectivity index (χ1n) is 4.27. The molecule has 0 aliphatic carbocycles. The molecule has 78 valence electrons. The minimum Gasteiger partial charge on any atom is -0.323 e. The van der Waals surface area contributed by atoms with E-state index in [9.17, 15) is 9.59 Å². The van der Waals surface area contributed by atoms with E-state index in [2.05, 4.69) is 15.3 Å². The number of hydrogen-bond donors (Lipinski definition) is 3. The van der Waals surface area contributed by atoms with Crippen LogP contribution in [-0.2, 0) is 4.79 Å². The number of nitrogens with one attached hydrogen (secondary N) is 3. The molecule has 0 saturated carbocycles. The van der Waals surface area contributed by atoms with Crippen LogP contribution in [0.3, 0.4) is 0 Å². The van der Waals surface area contributed by atoms with Gasteiger partial charge in [0.05, 0.1) is 16.7 Å². The number of carbonyl (C=O) groups excluding carboxylic acids is 1. The largest absolute Gasteiger partial charge is 0.323 e. The monoisotopic (exact) mass is 225 g/mol. The summed E-state index contributed by atoms with van der Waals surface area (Å²) < 4.78 is 0. The van der Waals surface area contributed by atoms with E-state index in [1.165, 1.54) is 0 Å². The number of benzene rings is 1. The maximum absolute atomic E-state index is 11.1. The van der Waals surface area contributed by atoms with Crippen LogP contribution in [0.4, 0.5) is 5.69 Å². The van der Waals surface area contributed by atoms with Gasteiger partial charge in [-0.1, -0.05) is 6.07 Å². The van der Waals surface area contributed by atoms with E-state index in [0.717, 1.165) is 0 Å². The quantitative estimate of drug-likeness (QED) is 0.668. The van der Waals surface area contributed by atoms with Crippen molar-refractivity contribution in [3.8, 4) is 0 Å². The smallest absolute Gasteiger partial charge is 0.323 e. The van der Waals surface area contributed by atoms with Gasteiger partial charge in [-0.3, -0.25) is 4.79 Å². The molecule has 0 bridgehead atoms. The molecule has 6 heteroatoms. The summed E-state index contributed by atoms with van der Waals surface area (Å²) in [4.78, 5) is 27.3. The third-order valence-corrected chi connectivity index (χ3v) is 2.19. The van der Waals surface area contributed by atoms with Crippen molar-refractivity contribution in [2.45, 2.75) is 0 Å². The lowest BCUT2D eigenvalue weighted by atomic mass is 10.2. The minimum atomic E-state index is -0.314. The number of halogens is 1. The maximum Gasteiger partial charge on any atom is 0.323 e. The van der Waals surface area contributed by atoms with Crippen LogP contribution in [-0.4, -0.2) is 21.8 Å². The van der Waals surface area contributed by atoms with Crippen LogP contribution in [0.5, 0.6) is 0 Å². The van der Waals surface area contributed by atoms with Crippen LogP contribution in [0.25, 0.3) is 11.0 Å². The fourth-order valence-electron chi connectivity index (χ4n) is 1.35. The van der Waals surface area contributed by atoms with Gasteiger partial charge >= 0.3 is 5.69 Å². The van der Waals surface area contributed by atoms with Gasteiger partial charge in [0, 0.05) is 0 Å². The van der Waals surface area contributed by atoms with Crippen molar-refractivity contribution in [3.63, 3.8) is 0 Å². The van der Waals surface area contributed by atoms with E-state index in [1.54, 1.807) is 18.2 Å². The number of aromatic amines is 2. The fraction of sp³-hybridized carbons (Fsp3) is 0.111. The van der Waals surface area contributed by atoms with Crippen LogP contribution in [0.1, 0.15) is 0 Å². The number of anilines is 1. The second kappa shape index (κ2) is 3.78. The first kappa shape index (κ1) is 9.79. The Balaban J connectivity index is 2.50. The summed E-state index contributed by atoms with van der Waals surface area (Å²) in [5.74, 6) is -0.434. The average molecular weight is 226 g/mol. The Labute approximate surface area is 89.4 Å². The second-order valence-corrected chi connectivity index (χ2v) is 3.26. The van der Waals surface area contributed by atoms with Crippen molar-refractivity contribution in [1.82, 2.24) is 9.97 Å². The highest BCUT2D eigenvalue weighted by Crippen LogP contribution is 2.18. The number of H-pyrrole nitrogens is 2. The van der Waals surface area contributed by atoms with Crippen molar-refractivity contribution in [1.29, 1.82) is 0 Å². The molecule has 2 rings (SSSR count).